The smallest absolute Gasteiger partial charge is 0.0636 e. The number of hydrogen-bond donors (Lipinski definition) is 0. The summed E-state index contributed by atoms with van der Waals surface area (Å²) in [6.07, 6.45) is 0. The third-order valence-corrected chi connectivity index (χ3v) is 21.1. The van der Waals surface area contributed by atoms with E-state index in [0.717, 1.165) is 0 Å². The Hall–Kier alpha value is -7.32. The van der Waals surface area contributed by atoms with Gasteiger partial charge in [0.05, 0.1) is 0 Å². The molecular formula is C69H64Si. The zero-order valence-electron chi connectivity index (χ0n) is 42.6. The van der Waals surface area contributed by atoms with E-state index in [2.05, 4.69) is 269 Å². The van der Waals surface area contributed by atoms with Crippen LogP contribution in [-0.2, 0) is 0 Å². The largest absolute Gasteiger partial charge is 0.180 e. The maximum absolute atomic E-state index is 3.91. The molecule has 0 N–H and O–H groups in total. The second kappa shape index (κ2) is 18.9. The lowest BCUT2D eigenvalue weighted by Gasteiger charge is -2.47. The summed E-state index contributed by atoms with van der Waals surface area (Å²) in [5.41, 5.74) is 27.5. The van der Waals surface area contributed by atoms with Crippen molar-refractivity contribution in [2.24, 2.45) is 5.92 Å². The quantitative estimate of drug-likeness (QED) is 0.0947. The lowest BCUT2D eigenvalue weighted by atomic mass is 9.90. The van der Waals surface area contributed by atoms with Gasteiger partial charge in [0.2, 0.25) is 0 Å². The van der Waals surface area contributed by atoms with Gasteiger partial charge in [-0.1, -0.05) is 223 Å². The van der Waals surface area contributed by atoms with Crippen LogP contribution >= 0.6 is 0 Å². The first kappa shape index (κ1) is 46.4. The van der Waals surface area contributed by atoms with E-state index in [1.807, 2.05) is 0 Å². The molecule has 1 atom stereocenters. The molecule has 70 heavy (non-hydrogen) atoms. The van der Waals surface area contributed by atoms with Crippen LogP contribution < -0.4 is 15.6 Å². The Bertz CT molecular complexity index is 2950. The average Bonchev–Trinajstić information content (AvgIpc) is 3.57. The third kappa shape index (κ3) is 7.59. The number of aryl methyl sites for hydroxylation is 6. The molecule has 9 aromatic carbocycles. The molecule has 0 heterocycles. The van der Waals surface area contributed by atoms with Crippen LogP contribution in [0, 0.1) is 47.5 Å². The molecule has 1 heteroatoms. The van der Waals surface area contributed by atoms with Gasteiger partial charge in [-0.2, -0.15) is 0 Å². The predicted molar refractivity (Wildman–Crippen MR) is 305 cm³/mol. The molecule has 1 unspecified atom stereocenters. The summed E-state index contributed by atoms with van der Waals surface area (Å²) >= 11 is 0. The molecule has 344 valence electrons. The van der Waals surface area contributed by atoms with Crippen LogP contribution in [0.2, 0.25) is 0 Å². The summed E-state index contributed by atoms with van der Waals surface area (Å²) in [4.78, 5) is 0. The second-order valence-corrected chi connectivity index (χ2v) is 23.5. The van der Waals surface area contributed by atoms with Gasteiger partial charge in [0.15, 0.2) is 8.07 Å². The minimum absolute atomic E-state index is 0.126. The standard InChI is InChI=1S/C69H64Si/c1-44-41-45(2)61(55-31-19-12-20-32-55)67(60(44)54-29-17-11-18-30-54)70(66-52(9)50(7)51(8)53(66)10,68-62(56-33-21-13-22-34-56)46(3)42-47(4)63(68)57-35-23-14-24-36-57)69-64(58-37-25-15-26-38-58)48(5)43-49(6)65(69)59-39-27-16-28-40-59/h11-43,52H,1-10H3. The van der Waals surface area contributed by atoms with E-state index < -0.39 is 8.07 Å². The fourth-order valence-electron chi connectivity index (χ4n) is 12.7. The molecule has 9 aromatic rings. The summed E-state index contributed by atoms with van der Waals surface area (Å²) in [5, 5.41) is 5.96. The summed E-state index contributed by atoms with van der Waals surface area (Å²) in [5.74, 6) is 0.126. The van der Waals surface area contributed by atoms with Gasteiger partial charge in [-0.15, -0.1) is 0 Å². The number of allylic oxidation sites excluding steroid dienone is 4. The van der Waals surface area contributed by atoms with E-state index in [0.29, 0.717) is 0 Å². The van der Waals surface area contributed by atoms with Crippen molar-refractivity contribution < 1.29 is 0 Å². The monoisotopic (exact) mass is 920 g/mol. The van der Waals surface area contributed by atoms with Crippen molar-refractivity contribution >= 4 is 23.6 Å². The maximum Gasteiger partial charge on any atom is 0.180 e. The first-order chi connectivity index (χ1) is 33.9. The van der Waals surface area contributed by atoms with Gasteiger partial charge < -0.3 is 0 Å². The molecule has 0 fully saturated rings. The first-order valence-corrected chi connectivity index (χ1v) is 27.1. The number of hydrogen-bond acceptors (Lipinski definition) is 0. The first-order valence-electron chi connectivity index (χ1n) is 25.1. The molecule has 10 rings (SSSR count). The zero-order chi connectivity index (χ0) is 48.8. The molecule has 0 bridgehead atoms. The predicted octanol–water partition coefficient (Wildman–Crippen LogP) is 16.9. The van der Waals surface area contributed by atoms with E-state index in [9.17, 15) is 0 Å². The van der Waals surface area contributed by atoms with Crippen molar-refractivity contribution in [1.29, 1.82) is 0 Å². The van der Waals surface area contributed by atoms with Gasteiger partial charge in [-0.05, 0) is 190 Å². The lowest BCUT2D eigenvalue weighted by Crippen LogP contribution is -2.72. The highest BCUT2D eigenvalue weighted by Crippen LogP contribution is 2.50. The van der Waals surface area contributed by atoms with Crippen molar-refractivity contribution in [1.82, 2.24) is 0 Å². The van der Waals surface area contributed by atoms with Crippen molar-refractivity contribution in [2.75, 3.05) is 0 Å². The minimum atomic E-state index is -3.91. The van der Waals surface area contributed by atoms with Crippen molar-refractivity contribution in [3.8, 4) is 66.8 Å². The fourth-order valence-corrected chi connectivity index (χ4v) is 20.2. The summed E-state index contributed by atoms with van der Waals surface area (Å²) in [6, 6.07) is 75.9. The zero-order valence-corrected chi connectivity index (χ0v) is 43.6. The van der Waals surface area contributed by atoms with Crippen LogP contribution in [-0.4, -0.2) is 8.07 Å². The molecule has 0 aromatic heterocycles. The molecule has 0 radical (unpaired) electrons. The van der Waals surface area contributed by atoms with E-state index in [1.165, 1.54) is 132 Å². The highest BCUT2D eigenvalue weighted by molar-refractivity contribution is 7.19. The highest BCUT2D eigenvalue weighted by atomic mass is 28.3. The Kier molecular flexibility index (Phi) is 12.5. The number of rotatable bonds is 10. The molecule has 0 nitrogen and oxygen atoms in total. The van der Waals surface area contributed by atoms with E-state index in [4.69, 9.17) is 0 Å². The Morgan fingerprint density at radius 2 is 0.471 bits per heavy atom. The molecule has 0 saturated heterocycles. The van der Waals surface area contributed by atoms with Crippen LogP contribution in [0.25, 0.3) is 66.8 Å². The Morgan fingerprint density at radius 3 is 0.643 bits per heavy atom. The van der Waals surface area contributed by atoms with Crippen LogP contribution in [0.1, 0.15) is 61.1 Å². The van der Waals surface area contributed by atoms with Crippen LogP contribution in [0.3, 0.4) is 0 Å². The Labute approximate surface area is 418 Å². The summed E-state index contributed by atoms with van der Waals surface area (Å²) < 4.78 is 0. The Morgan fingerprint density at radius 1 is 0.271 bits per heavy atom. The topological polar surface area (TPSA) is 0 Å². The van der Waals surface area contributed by atoms with Gasteiger partial charge in [0.25, 0.3) is 0 Å². The highest BCUT2D eigenvalue weighted by Gasteiger charge is 2.56. The van der Waals surface area contributed by atoms with E-state index in [-0.39, 0.29) is 5.92 Å². The van der Waals surface area contributed by atoms with Crippen LogP contribution in [0.4, 0.5) is 0 Å². The lowest BCUT2D eigenvalue weighted by molar-refractivity contribution is 0.851. The molecule has 0 saturated carbocycles. The molecule has 0 spiro atoms. The van der Waals surface area contributed by atoms with E-state index >= 15 is 0 Å². The van der Waals surface area contributed by atoms with Crippen molar-refractivity contribution in [2.45, 2.75) is 69.2 Å². The average molecular weight is 921 g/mol. The van der Waals surface area contributed by atoms with Gasteiger partial charge >= 0.3 is 0 Å². The van der Waals surface area contributed by atoms with Crippen LogP contribution in [0.15, 0.2) is 222 Å². The van der Waals surface area contributed by atoms with Gasteiger partial charge in [0, 0.05) is 0 Å². The molecular weight excluding hydrogens is 857 g/mol. The van der Waals surface area contributed by atoms with Crippen molar-refractivity contribution in [3.63, 3.8) is 0 Å². The third-order valence-electron chi connectivity index (χ3n) is 15.7. The fraction of sp³-hybridized carbons (Fsp3) is 0.159. The van der Waals surface area contributed by atoms with Crippen molar-refractivity contribution in [3.05, 3.63) is 255 Å². The summed E-state index contributed by atoms with van der Waals surface area (Å²) in [6.45, 7) is 24.2. The molecule has 1 aliphatic carbocycles. The molecule has 0 amide bonds. The van der Waals surface area contributed by atoms with Gasteiger partial charge in [-0.3, -0.25) is 0 Å². The number of benzene rings is 9. The maximum atomic E-state index is 2.54. The van der Waals surface area contributed by atoms with Gasteiger partial charge in [-0.25, -0.2) is 0 Å². The Balaban J connectivity index is 1.69. The van der Waals surface area contributed by atoms with E-state index in [1.54, 1.807) is 5.20 Å². The van der Waals surface area contributed by atoms with Gasteiger partial charge in [0.1, 0.15) is 0 Å². The SMILES string of the molecule is CC1=C(C)C(C)C([Si](c2c(-c3ccccc3)c(C)cc(C)c2-c2ccccc2)(c2c(-c3ccccc3)c(C)cc(C)c2-c2ccccc2)c2c(-c3ccccc3)c(C)cc(C)c2-c2ccccc2)=C1C. The second-order valence-electron chi connectivity index (χ2n) is 19.9. The normalized spacial score (nSPS) is 13.9. The summed E-state index contributed by atoms with van der Waals surface area (Å²) in [7, 11) is -3.91. The van der Waals surface area contributed by atoms with Crippen LogP contribution in [0.5, 0.6) is 0 Å². The minimum Gasteiger partial charge on any atom is -0.0636 e. The molecule has 0 aliphatic heterocycles. The molecule has 1 aliphatic rings.